The molecule has 7 heteroatoms. The Bertz CT molecular complexity index is 787. The first-order chi connectivity index (χ1) is 10.9. The van der Waals surface area contributed by atoms with Crippen molar-refractivity contribution in [3.63, 3.8) is 0 Å². The van der Waals surface area contributed by atoms with Crippen molar-refractivity contribution in [3.8, 4) is 0 Å². The van der Waals surface area contributed by atoms with Crippen LogP contribution < -0.4 is 10.6 Å². The van der Waals surface area contributed by atoms with E-state index in [1.54, 1.807) is 31.2 Å². The van der Waals surface area contributed by atoms with Crippen molar-refractivity contribution in [2.45, 2.75) is 13.8 Å². The van der Waals surface area contributed by atoms with Gasteiger partial charge >= 0.3 is 0 Å². The number of amides is 2. The van der Waals surface area contributed by atoms with Crippen molar-refractivity contribution < 1.29 is 14.5 Å². The van der Waals surface area contributed by atoms with Gasteiger partial charge in [-0.15, -0.1) is 0 Å². The molecule has 2 rings (SSSR count). The molecule has 0 unspecified atom stereocenters. The van der Waals surface area contributed by atoms with Crippen LogP contribution in [0.25, 0.3) is 0 Å². The zero-order valence-corrected chi connectivity index (χ0v) is 12.6. The molecule has 0 atom stereocenters. The van der Waals surface area contributed by atoms with Crippen molar-refractivity contribution in [3.05, 3.63) is 63.7 Å². The number of nitro groups is 1. The second kappa shape index (κ2) is 6.69. The number of nitrogens with zero attached hydrogens (tertiary/aromatic N) is 1. The van der Waals surface area contributed by atoms with Gasteiger partial charge in [-0.2, -0.15) is 0 Å². The summed E-state index contributed by atoms with van der Waals surface area (Å²) in [6.45, 7) is 3.12. The van der Waals surface area contributed by atoms with E-state index in [1.807, 2.05) is 0 Å². The maximum Gasteiger partial charge on any atom is 0.271 e. The number of anilines is 2. The zero-order chi connectivity index (χ0) is 17.0. The van der Waals surface area contributed by atoms with Crippen LogP contribution >= 0.6 is 0 Å². The summed E-state index contributed by atoms with van der Waals surface area (Å²) in [6, 6.07) is 10.7. The number of carbonyl (C=O) groups excluding carboxylic acids is 2. The fraction of sp³-hybridized carbons (Fsp3) is 0.125. The highest BCUT2D eigenvalue weighted by atomic mass is 16.6. The Hall–Kier alpha value is -3.22. The molecular formula is C16H15N3O4. The fourth-order valence-electron chi connectivity index (χ4n) is 1.99. The number of non-ortho nitro benzene ring substituents is 1. The molecule has 0 spiro atoms. The Labute approximate surface area is 132 Å². The minimum atomic E-state index is -0.521. The van der Waals surface area contributed by atoms with Crippen molar-refractivity contribution in [1.82, 2.24) is 0 Å². The van der Waals surface area contributed by atoms with Crippen molar-refractivity contribution in [2.24, 2.45) is 0 Å². The first-order valence-electron chi connectivity index (χ1n) is 6.81. The van der Waals surface area contributed by atoms with E-state index in [2.05, 4.69) is 10.6 Å². The van der Waals surface area contributed by atoms with E-state index in [4.69, 9.17) is 0 Å². The van der Waals surface area contributed by atoms with E-state index in [9.17, 15) is 19.7 Å². The molecule has 2 amide bonds. The first kappa shape index (κ1) is 16.2. The van der Waals surface area contributed by atoms with E-state index in [-0.39, 0.29) is 11.6 Å². The maximum atomic E-state index is 12.3. The lowest BCUT2D eigenvalue weighted by molar-refractivity contribution is -0.384. The summed E-state index contributed by atoms with van der Waals surface area (Å²) in [6.07, 6.45) is 0. The third-order valence-corrected chi connectivity index (χ3v) is 3.13. The van der Waals surface area contributed by atoms with Crippen LogP contribution in [0.3, 0.4) is 0 Å². The molecule has 0 heterocycles. The van der Waals surface area contributed by atoms with E-state index >= 15 is 0 Å². The van der Waals surface area contributed by atoms with Crippen LogP contribution in [-0.2, 0) is 4.79 Å². The van der Waals surface area contributed by atoms with Gasteiger partial charge in [0, 0.05) is 30.3 Å². The van der Waals surface area contributed by atoms with E-state index < -0.39 is 10.8 Å². The standard InChI is InChI=1S/C16H15N3O4/c1-10-6-7-14(19(22)23)9-15(10)18-16(21)12-4-3-5-13(8-12)17-11(2)20/h3-9H,1-2H3,(H,17,20)(H,18,21). The summed E-state index contributed by atoms with van der Waals surface area (Å²) in [5, 5.41) is 16.1. The highest BCUT2D eigenvalue weighted by Gasteiger charge is 2.12. The van der Waals surface area contributed by atoms with E-state index in [0.717, 1.165) is 0 Å². The Kier molecular flexibility index (Phi) is 4.70. The molecule has 0 radical (unpaired) electrons. The lowest BCUT2D eigenvalue weighted by Crippen LogP contribution is -2.14. The normalized spacial score (nSPS) is 10.0. The summed E-state index contributed by atoms with van der Waals surface area (Å²) in [5.74, 6) is -0.655. The summed E-state index contributed by atoms with van der Waals surface area (Å²) in [7, 11) is 0. The number of nitrogens with one attached hydrogen (secondary N) is 2. The predicted octanol–water partition coefficient (Wildman–Crippen LogP) is 3.11. The van der Waals surface area contributed by atoms with Gasteiger partial charge in [-0.05, 0) is 30.7 Å². The highest BCUT2D eigenvalue weighted by Crippen LogP contribution is 2.22. The Morgan fingerprint density at radius 3 is 2.48 bits per heavy atom. The van der Waals surface area contributed by atoms with Gasteiger partial charge in [-0.1, -0.05) is 12.1 Å². The van der Waals surface area contributed by atoms with E-state index in [0.29, 0.717) is 22.5 Å². The number of rotatable bonds is 4. The molecule has 2 aromatic carbocycles. The second-order valence-electron chi connectivity index (χ2n) is 4.97. The van der Waals surface area contributed by atoms with Gasteiger partial charge in [0.25, 0.3) is 11.6 Å². The summed E-state index contributed by atoms with van der Waals surface area (Å²) >= 11 is 0. The molecule has 0 fully saturated rings. The molecule has 0 saturated carbocycles. The van der Waals surface area contributed by atoms with Crippen molar-refractivity contribution >= 4 is 28.9 Å². The van der Waals surface area contributed by atoms with Crippen LogP contribution in [0.4, 0.5) is 17.1 Å². The second-order valence-corrected chi connectivity index (χ2v) is 4.97. The minimum Gasteiger partial charge on any atom is -0.326 e. The number of nitro benzene ring substituents is 1. The molecular weight excluding hydrogens is 298 g/mol. The molecule has 0 aromatic heterocycles. The maximum absolute atomic E-state index is 12.3. The summed E-state index contributed by atoms with van der Waals surface area (Å²) < 4.78 is 0. The number of benzene rings is 2. The van der Waals surface area contributed by atoms with Crippen LogP contribution in [-0.4, -0.2) is 16.7 Å². The van der Waals surface area contributed by atoms with Crippen LogP contribution in [0.5, 0.6) is 0 Å². The third-order valence-electron chi connectivity index (χ3n) is 3.13. The lowest BCUT2D eigenvalue weighted by Gasteiger charge is -2.09. The first-order valence-corrected chi connectivity index (χ1v) is 6.81. The molecule has 0 aliphatic heterocycles. The topological polar surface area (TPSA) is 101 Å². The number of carbonyl (C=O) groups is 2. The van der Waals surface area contributed by atoms with Gasteiger partial charge < -0.3 is 10.6 Å². The van der Waals surface area contributed by atoms with Gasteiger partial charge in [0.2, 0.25) is 5.91 Å². The molecule has 0 bridgehead atoms. The number of aryl methyl sites for hydroxylation is 1. The fourth-order valence-corrected chi connectivity index (χ4v) is 1.99. The monoisotopic (exact) mass is 313 g/mol. The molecule has 118 valence electrons. The third kappa shape index (κ3) is 4.13. The summed E-state index contributed by atoms with van der Waals surface area (Å²) in [5.41, 5.74) is 1.82. The summed E-state index contributed by atoms with van der Waals surface area (Å²) in [4.78, 5) is 33.6. The van der Waals surface area contributed by atoms with Crippen LogP contribution in [0.2, 0.25) is 0 Å². The predicted molar refractivity (Wildman–Crippen MR) is 86.5 cm³/mol. The molecule has 23 heavy (non-hydrogen) atoms. The average Bonchev–Trinajstić information content (AvgIpc) is 2.48. The quantitative estimate of drug-likeness (QED) is 0.668. The van der Waals surface area contributed by atoms with Gasteiger partial charge in [0.15, 0.2) is 0 Å². The molecule has 2 aromatic rings. The largest absolute Gasteiger partial charge is 0.326 e. The Morgan fingerprint density at radius 1 is 1.09 bits per heavy atom. The van der Waals surface area contributed by atoms with Gasteiger partial charge in [0.1, 0.15) is 0 Å². The molecule has 7 nitrogen and oxygen atoms in total. The van der Waals surface area contributed by atoms with Gasteiger partial charge in [0.05, 0.1) is 10.6 Å². The molecule has 0 aliphatic carbocycles. The van der Waals surface area contributed by atoms with E-state index in [1.165, 1.54) is 25.1 Å². The smallest absolute Gasteiger partial charge is 0.271 e. The zero-order valence-electron chi connectivity index (χ0n) is 12.6. The Morgan fingerprint density at radius 2 is 1.83 bits per heavy atom. The number of hydrogen-bond acceptors (Lipinski definition) is 4. The van der Waals surface area contributed by atoms with Crippen LogP contribution in [0, 0.1) is 17.0 Å². The Balaban J connectivity index is 2.24. The van der Waals surface area contributed by atoms with Crippen molar-refractivity contribution in [1.29, 1.82) is 0 Å². The lowest BCUT2D eigenvalue weighted by atomic mass is 10.1. The minimum absolute atomic E-state index is 0.0992. The molecule has 0 saturated heterocycles. The van der Waals surface area contributed by atoms with Crippen molar-refractivity contribution in [2.75, 3.05) is 10.6 Å². The van der Waals surface area contributed by atoms with Crippen LogP contribution in [0.15, 0.2) is 42.5 Å². The van der Waals surface area contributed by atoms with Gasteiger partial charge in [-0.3, -0.25) is 19.7 Å². The van der Waals surface area contributed by atoms with Gasteiger partial charge in [-0.25, -0.2) is 0 Å². The van der Waals surface area contributed by atoms with Crippen LogP contribution in [0.1, 0.15) is 22.8 Å². The average molecular weight is 313 g/mol. The number of hydrogen-bond donors (Lipinski definition) is 2. The SMILES string of the molecule is CC(=O)Nc1cccc(C(=O)Nc2cc([N+](=O)[O-])ccc2C)c1. The highest BCUT2D eigenvalue weighted by molar-refractivity contribution is 6.05. The molecule has 0 aliphatic rings. The molecule has 2 N–H and O–H groups in total.